The molecular weight excluding hydrogens is 394 g/mol. The maximum Gasteiger partial charge on any atom is 0.410 e. The van der Waals surface area contributed by atoms with E-state index < -0.39 is 22.3 Å². The molecule has 2 aromatic rings. The molecule has 0 aliphatic carbocycles. The first-order chi connectivity index (χ1) is 13.8. The highest BCUT2D eigenvalue weighted by Gasteiger charge is 2.23. The molecule has 0 N–H and O–H groups in total. The molecule has 0 aromatic heterocycles. The monoisotopic (exact) mass is 421 g/mol. The van der Waals surface area contributed by atoms with Crippen molar-refractivity contribution in [1.82, 2.24) is 4.90 Å². The van der Waals surface area contributed by atoms with Gasteiger partial charge in [-0.25, -0.2) is 4.79 Å². The Kier molecular flexibility index (Phi) is 8.48. The lowest BCUT2D eigenvalue weighted by molar-refractivity contribution is 0.0801. The number of hydrogen-bond donors (Lipinski definition) is 0. The van der Waals surface area contributed by atoms with Crippen LogP contribution in [0.4, 0.5) is 4.79 Å². The van der Waals surface area contributed by atoms with E-state index in [1.807, 2.05) is 61.5 Å². The Bertz CT molecular complexity index is 868. The molecule has 0 radical (unpaired) electrons. The summed E-state index contributed by atoms with van der Waals surface area (Å²) in [6.07, 6.45) is 0.829. The van der Waals surface area contributed by atoms with E-state index >= 15 is 0 Å². The summed E-state index contributed by atoms with van der Waals surface area (Å²) in [5, 5.41) is 0. The Balaban J connectivity index is 2.05. The Labute approximate surface area is 172 Å². The maximum absolute atomic E-state index is 12.5. The fourth-order valence-corrected chi connectivity index (χ4v) is 3.04. The van der Waals surface area contributed by atoms with Crippen LogP contribution >= 0.6 is 0 Å². The normalized spacial score (nSPS) is 12.2. The van der Waals surface area contributed by atoms with Gasteiger partial charge in [-0.3, -0.25) is 4.18 Å². The van der Waals surface area contributed by atoms with Gasteiger partial charge in [0.25, 0.3) is 10.1 Å². The number of amides is 1. The standard InChI is InChI=1S/C21H27NO6S/c1-4-26-20-12-10-17(11-13-20)14-19(16-28-29(3,24)25)22(2)21(23)27-15-18-8-6-5-7-9-18/h5-13,19H,4,14-16H2,1-3H3/t19-/m0/s1. The van der Waals surface area contributed by atoms with Gasteiger partial charge in [0.1, 0.15) is 12.4 Å². The van der Waals surface area contributed by atoms with E-state index in [1.54, 1.807) is 7.05 Å². The minimum absolute atomic E-state index is 0.132. The zero-order valence-corrected chi connectivity index (χ0v) is 17.7. The van der Waals surface area contributed by atoms with Crippen LogP contribution in [0, 0.1) is 0 Å². The van der Waals surface area contributed by atoms with Gasteiger partial charge in [0.15, 0.2) is 0 Å². The Morgan fingerprint density at radius 1 is 1.03 bits per heavy atom. The molecule has 0 unspecified atom stereocenters. The van der Waals surface area contributed by atoms with Gasteiger partial charge in [-0.15, -0.1) is 0 Å². The van der Waals surface area contributed by atoms with Crippen molar-refractivity contribution in [2.24, 2.45) is 0 Å². The van der Waals surface area contributed by atoms with Crippen LogP contribution in [0.3, 0.4) is 0 Å². The van der Waals surface area contributed by atoms with E-state index in [0.717, 1.165) is 23.1 Å². The maximum atomic E-state index is 12.5. The van der Waals surface area contributed by atoms with E-state index in [2.05, 4.69) is 0 Å². The van der Waals surface area contributed by atoms with Crippen molar-refractivity contribution < 1.29 is 26.9 Å². The summed E-state index contributed by atoms with van der Waals surface area (Å²) in [6.45, 7) is 2.44. The van der Waals surface area contributed by atoms with Crippen molar-refractivity contribution in [3.8, 4) is 5.75 Å². The number of benzene rings is 2. The Hall–Kier alpha value is -2.58. The lowest BCUT2D eigenvalue weighted by Gasteiger charge is -2.27. The molecule has 158 valence electrons. The third-order valence-corrected chi connectivity index (χ3v) is 4.79. The molecule has 0 saturated heterocycles. The quantitative estimate of drug-likeness (QED) is 0.548. The van der Waals surface area contributed by atoms with Crippen LogP contribution in [0.5, 0.6) is 5.75 Å². The number of rotatable bonds is 10. The topological polar surface area (TPSA) is 82.1 Å². The van der Waals surface area contributed by atoms with Crippen LogP contribution in [0.2, 0.25) is 0 Å². The second-order valence-corrected chi connectivity index (χ2v) is 8.22. The summed E-state index contributed by atoms with van der Waals surface area (Å²) in [6, 6.07) is 16.2. The van der Waals surface area contributed by atoms with Crippen LogP contribution in [-0.4, -0.2) is 52.0 Å². The summed E-state index contributed by atoms with van der Waals surface area (Å²) >= 11 is 0. The largest absolute Gasteiger partial charge is 0.494 e. The first-order valence-electron chi connectivity index (χ1n) is 9.28. The van der Waals surface area contributed by atoms with Gasteiger partial charge in [0, 0.05) is 7.05 Å². The smallest absolute Gasteiger partial charge is 0.410 e. The summed E-state index contributed by atoms with van der Waals surface area (Å²) in [4.78, 5) is 13.9. The van der Waals surface area contributed by atoms with Crippen LogP contribution in [0.1, 0.15) is 18.1 Å². The number of nitrogens with zero attached hydrogens (tertiary/aromatic N) is 1. The van der Waals surface area contributed by atoms with Crippen LogP contribution in [0.25, 0.3) is 0 Å². The van der Waals surface area contributed by atoms with Crippen molar-refractivity contribution in [3.05, 3.63) is 65.7 Å². The van der Waals surface area contributed by atoms with Gasteiger partial charge in [-0.05, 0) is 36.6 Å². The number of carbonyl (C=O) groups is 1. The molecule has 0 fully saturated rings. The van der Waals surface area contributed by atoms with Gasteiger partial charge in [-0.2, -0.15) is 8.42 Å². The minimum atomic E-state index is -3.64. The Morgan fingerprint density at radius 2 is 1.69 bits per heavy atom. The molecular formula is C21H27NO6S. The summed E-state index contributed by atoms with van der Waals surface area (Å²) in [7, 11) is -2.07. The highest BCUT2D eigenvalue weighted by Crippen LogP contribution is 2.16. The van der Waals surface area contributed by atoms with Crippen molar-refractivity contribution in [2.45, 2.75) is 26.0 Å². The molecule has 0 saturated carbocycles. The van der Waals surface area contributed by atoms with E-state index in [9.17, 15) is 13.2 Å². The molecule has 8 heteroatoms. The number of ether oxygens (including phenoxy) is 2. The molecule has 0 aliphatic heterocycles. The van der Waals surface area contributed by atoms with Gasteiger partial charge < -0.3 is 14.4 Å². The van der Waals surface area contributed by atoms with Gasteiger partial charge >= 0.3 is 6.09 Å². The second kappa shape index (κ2) is 10.8. The van der Waals surface area contributed by atoms with Gasteiger partial charge in [0.2, 0.25) is 0 Å². The summed E-state index contributed by atoms with van der Waals surface area (Å²) in [5.41, 5.74) is 1.78. The van der Waals surface area contributed by atoms with Gasteiger partial charge in [-0.1, -0.05) is 42.5 Å². The third kappa shape index (κ3) is 8.13. The van der Waals surface area contributed by atoms with Crippen LogP contribution in [0.15, 0.2) is 54.6 Å². The molecule has 0 aliphatic rings. The molecule has 2 aromatic carbocycles. The highest BCUT2D eigenvalue weighted by atomic mass is 32.2. The average Bonchev–Trinajstić information content (AvgIpc) is 2.70. The van der Waals surface area contributed by atoms with E-state index in [1.165, 1.54) is 4.90 Å². The molecule has 29 heavy (non-hydrogen) atoms. The minimum Gasteiger partial charge on any atom is -0.494 e. The zero-order chi connectivity index (χ0) is 21.3. The molecule has 0 spiro atoms. The number of carbonyl (C=O) groups excluding carboxylic acids is 1. The third-order valence-electron chi connectivity index (χ3n) is 4.22. The summed E-state index contributed by atoms with van der Waals surface area (Å²) < 4.78 is 38.6. The van der Waals surface area contributed by atoms with Crippen molar-refractivity contribution in [3.63, 3.8) is 0 Å². The van der Waals surface area contributed by atoms with Crippen LogP contribution < -0.4 is 4.74 Å². The molecule has 7 nitrogen and oxygen atoms in total. The lowest BCUT2D eigenvalue weighted by Crippen LogP contribution is -2.42. The van der Waals surface area contributed by atoms with Crippen molar-refractivity contribution in [2.75, 3.05) is 26.5 Å². The highest BCUT2D eigenvalue weighted by molar-refractivity contribution is 7.85. The van der Waals surface area contributed by atoms with E-state index in [4.69, 9.17) is 13.7 Å². The Morgan fingerprint density at radius 3 is 2.28 bits per heavy atom. The molecule has 0 heterocycles. The predicted octanol–water partition coefficient (Wildman–Crippen LogP) is 3.24. The SMILES string of the molecule is CCOc1ccc(C[C@@H](COS(C)(=O)=O)N(C)C(=O)OCc2ccccc2)cc1. The number of likely N-dealkylation sites (N-methyl/N-ethyl adjacent to an activating group) is 1. The van der Waals surface area contributed by atoms with Crippen molar-refractivity contribution >= 4 is 16.2 Å². The molecule has 1 atom stereocenters. The fraction of sp³-hybridized carbons (Fsp3) is 0.381. The second-order valence-electron chi connectivity index (χ2n) is 6.57. The van der Waals surface area contributed by atoms with Gasteiger partial charge in [0.05, 0.1) is 25.5 Å². The zero-order valence-electron chi connectivity index (χ0n) is 16.9. The molecule has 1 amide bonds. The first kappa shape index (κ1) is 22.7. The molecule has 2 rings (SSSR count). The first-order valence-corrected chi connectivity index (χ1v) is 11.1. The molecule has 0 bridgehead atoms. The van der Waals surface area contributed by atoms with Crippen LogP contribution in [-0.2, 0) is 32.1 Å². The van der Waals surface area contributed by atoms with Crippen molar-refractivity contribution in [1.29, 1.82) is 0 Å². The predicted molar refractivity (Wildman–Crippen MR) is 110 cm³/mol. The van der Waals surface area contributed by atoms with E-state index in [0.29, 0.717) is 13.0 Å². The summed E-state index contributed by atoms with van der Waals surface area (Å²) in [5.74, 6) is 0.746. The number of hydrogen-bond acceptors (Lipinski definition) is 6. The average molecular weight is 422 g/mol. The lowest BCUT2D eigenvalue weighted by atomic mass is 10.1. The van der Waals surface area contributed by atoms with E-state index in [-0.39, 0.29) is 13.2 Å². The fourth-order valence-electron chi connectivity index (χ4n) is 2.64.